The van der Waals surface area contributed by atoms with Gasteiger partial charge in [-0.05, 0) is 42.5 Å². The van der Waals surface area contributed by atoms with Crippen LogP contribution in [0.3, 0.4) is 0 Å². The van der Waals surface area contributed by atoms with Crippen LogP contribution in [0.15, 0.2) is 47.4 Å². The summed E-state index contributed by atoms with van der Waals surface area (Å²) in [6.07, 6.45) is -4.68. The summed E-state index contributed by atoms with van der Waals surface area (Å²) >= 11 is 0. The van der Waals surface area contributed by atoms with E-state index >= 15 is 0 Å². The van der Waals surface area contributed by atoms with E-state index < -0.39 is 33.6 Å². The fraction of sp³-hybridized carbons (Fsp3) is 0.211. The van der Waals surface area contributed by atoms with Gasteiger partial charge in [0.2, 0.25) is 15.9 Å². The Labute approximate surface area is 176 Å². The molecule has 0 atom stereocenters. The minimum Gasteiger partial charge on any atom is -0.325 e. The third kappa shape index (κ3) is 6.53. The molecule has 12 heteroatoms. The Hall–Kier alpha value is -3.43. The Morgan fingerprint density at radius 2 is 1.68 bits per heavy atom. The topological polar surface area (TPSA) is 128 Å². The number of rotatable bonds is 7. The molecule has 0 heterocycles. The van der Waals surface area contributed by atoms with Crippen molar-refractivity contribution in [1.29, 1.82) is 5.26 Å². The molecule has 2 aromatic carbocycles. The van der Waals surface area contributed by atoms with Crippen LogP contribution in [0.4, 0.5) is 24.5 Å². The van der Waals surface area contributed by atoms with Crippen LogP contribution >= 0.6 is 0 Å². The van der Waals surface area contributed by atoms with E-state index in [4.69, 9.17) is 5.26 Å². The van der Waals surface area contributed by atoms with Crippen LogP contribution in [0.1, 0.15) is 29.3 Å². The van der Waals surface area contributed by atoms with Gasteiger partial charge in [0, 0.05) is 25.5 Å². The number of sulfonamides is 1. The molecule has 164 valence electrons. The highest BCUT2D eigenvalue weighted by Crippen LogP contribution is 2.34. The smallest absolute Gasteiger partial charge is 0.325 e. The van der Waals surface area contributed by atoms with Crippen molar-refractivity contribution in [2.75, 3.05) is 17.2 Å². The molecule has 2 amide bonds. The molecular weight excluding hydrogens is 437 g/mol. The van der Waals surface area contributed by atoms with Gasteiger partial charge in [-0.2, -0.15) is 18.4 Å². The van der Waals surface area contributed by atoms with Crippen LogP contribution in [0, 0.1) is 11.3 Å². The Morgan fingerprint density at radius 3 is 2.23 bits per heavy atom. The number of halogens is 3. The fourth-order valence-electron chi connectivity index (χ4n) is 2.43. The van der Waals surface area contributed by atoms with E-state index in [0.717, 1.165) is 31.2 Å². The van der Waals surface area contributed by atoms with Crippen LogP contribution in [0.2, 0.25) is 0 Å². The fourth-order valence-corrected chi connectivity index (χ4v) is 3.46. The van der Waals surface area contributed by atoms with Crippen molar-refractivity contribution in [2.24, 2.45) is 0 Å². The van der Waals surface area contributed by atoms with Gasteiger partial charge in [-0.25, -0.2) is 13.1 Å². The van der Waals surface area contributed by atoms with Gasteiger partial charge < -0.3 is 10.6 Å². The number of carbonyl (C=O) groups excluding carboxylic acids is 2. The van der Waals surface area contributed by atoms with E-state index in [1.165, 1.54) is 12.1 Å². The lowest BCUT2D eigenvalue weighted by Crippen LogP contribution is -2.24. The molecule has 0 fully saturated rings. The summed E-state index contributed by atoms with van der Waals surface area (Å²) < 4.78 is 65.4. The number of anilines is 2. The van der Waals surface area contributed by atoms with Crippen molar-refractivity contribution in [3.05, 3.63) is 53.6 Å². The molecule has 0 aliphatic heterocycles. The molecule has 3 N–H and O–H groups in total. The first-order chi connectivity index (χ1) is 14.4. The van der Waals surface area contributed by atoms with E-state index in [1.807, 2.05) is 0 Å². The van der Waals surface area contributed by atoms with Gasteiger partial charge in [0.25, 0.3) is 5.91 Å². The number of hydrogen-bond acceptors (Lipinski definition) is 5. The number of nitriles is 1. The predicted molar refractivity (Wildman–Crippen MR) is 106 cm³/mol. The quantitative estimate of drug-likeness (QED) is 0.554. The zero-order valence-electron chi connectivity index (χ0n) is 16.1. The first-order valence-corrected chi connectivity index (χ1v) is 10.2. The highest BCUT2D eigenvalue weighted by atomic mass is 32.2. The largest absolute Gasteiger partial charge is 0.416 e. The summed E-state index contributed by atoms with van der Waals surface area (Å²) in [4.78, 5) is 23.6. The molecule has 0 unspecified atom stereocenters. The highest BCUT2D eigenvalue weighted by Gasteiger charge is 2.31. The van der Waals surface area contributed by atoms with E-state index in [1.54, 1.807) is 6.07 Å². The minimum absolute atomic E-state index is 0.0205. The van der Waals surface area contributed by atoms with Gasteiger partial charge in [0.15, 0.2) is 0 Å². The number of hydrogen-bond donors (Lipinski definition) is 3. The van der Waals surface area contributed by atoms with Crippen LogP contribution in [0.25, 0.3) is 0 Å². The molecule has 31 heavy (non-hydrogen) atoms. The van der Waals surface area contributed by atoms with Crippen molar-refractivity contribution >= 4 is 33.2 Å². The summed E-state index contributed by atoms with van der Waals surface area (Å²) in [5.41, 5.74) is -1.36. The summed E-state index contributed by atoms with van der Waals surface area (Å²) in [5, 5.41) is 13.1. The molecule has 0 spiro atoms. The average Bonchev–Trinajstić information content (AvgIpc) is 2.68. The zero-order chi connectivity index (χ0) is 23.2. The maximum absolute atomic E-state index is 13.0. The second-order valence-electron chi connectivity index (χ2n) is 6.22. The van der Waals surface area contributed by atoms with Crippen molar-refractivity contribution in [2.45, 2.75) is 24.4 Å². The predicted octanol–water partition coefficient (Wildman–Crippen LogP) is 3.11. The van der Waals surface area contributed by atoms with Crippen molar-refractivity contribution in [1.82, 2.24) is 4.72 Å². The summed E-state index contributed by atoms with van der Waals surface area (Å²) in [6, 6.07) is 8.90. The molecule has 0 aliphatic carbocycles. The summed E-state index contributed by atoms with van der Waals surface area (Å²) in [6.45, 7) is 1.08. The van der Waals surface area contributed by atoms with E-state index in [9.17, 15) is 31.2 Å². The first-order valence-electron chi connectivity index (χ1n) is 8.71. The van der Waals surface area contributed by atoms with E-state index in [0.29, 0.717) is 6.07 Å². The molecule has 0 saturated heterocycles. The number of nitrogens with one attached hydrogen (secondary N) is 3. The van der Waals surface area contributed by atoms with Crippen LogP contribution in [-0.2, 0) is 21.0 Å². The van der Waals surface area contributed by atoms with Crippen molar-refractivity contribution in [3.63, 3.8) is 0 Å². The Kier molecular flexibility index (Phi) is 7.37. The van der Waals surface area contributed by atoms with Gasteiger partial charge in [-0.1, -0.05) is 0 Å². The van der Waals surface area contributed by atoms with Crippen molar-refractivity contribution < 1.29 is 31.2 Å². The molecule has 2 aromatic rings. The second-order valence-corrected chi connectivity index (χ2v) is 7.99. The summed E-state index contributed by atoms with van der Waals surface area (Å²) in [7, 11) is -3.88. The zero-order valence-corrected chi connectivity index (χ0v) is 16.9. The monoisotopic (exact) mass is 454 g/mol. The minimum atomic E-state index is -4.66. The Bertz CT molecular complexity index is 1120. The Balaban J connectivity index is 2.26. The lowest BCUT2D eigenvalue weighted by Gasteiger charge is -2.15. The highest BCUT2D eigenvalue weighted by molar-refractivity contribution is 7.89. The second kappa shape index (κ2) is 9.59. The first kappa shape index (κ1) is 23.8. The van der Waals surface area contributed by atoms with Crippen LogP contribution in [0.5, 0.6) is 0 Å². The number of nitrogens with zero attached hydrogens (tertiary/aromatic N) is 1. The van der Waals surface area contributed by atoms with Crippen LogP contribution in [-0.4, -0.2) is 26.8 Å². The molecular formula is C19H17F3N4O4S. The van der Waals surface area contributed by atoms with Gasteiger partial charge in [0.1, 0.15) is 0 Å². The normalized spacial score (nSPS) is 11.5. The average molecular weight is 454 g/mol. The summed E-state index contributed by atoms with van der Waals surface area (Å²) in [5.74, 6) is -1.36. The van der Waals surface area contributed by atoms with Gasteiger partial charge >= 0.3 is 6.18 Å². The van der Waals surface area contributed by atoms with E-state index in [2.05, 4.69) is 15.4 Å². The molecule has 8 nitrogen and oxygen atoms in total. The lowest BCUT2D eigenvalue weighted by molar-refractivity contribution is -0.137. The standard InChI is InChI=1S/C19H17F3N4O4S/c1-12(27)25-16-8-5-14(19(20,21)22)11-17(16)26-18(28)13-3-6-15(7-4-13)31(29,30)24-10-2-9-23/h3-8,11,24H,2,10H2,1H3,(H,25,27)(H,26,28). The molecule has 0 aromatic heterocycles. The molecule has 0 saturated carbocycles. The number of amides is 2. The van der Waals surface area contributed by atoms with Gasteiger partial charge in [-0.3, -0.25) is 9.59 Å². The van der Waals surface area contributed by atoms with Crippen molar-refractivity contribution in [3.8, 4) is 6.07 Å². The lowest BCUT2D eigenvalue weighted by atomic mass is 10.1. The number of benzene rings is 2. The maximum Gasteiger partial charge on any atom is 0.416 e. The number of carbonyl (C=O) groups is 2. The molecule has 0 aliphatic rings. The number of alkyl halides is 3. The Morgan fingerprint density at radius 1 is 1.03 bits per heavy atom. The molecule has 2 rings (SSSR count). The third-order valence-electron chi connectivity index (χ3n) is 3.86. The SMILES string of the molecule is CC(=O)Nc1ccc(C(F)(F)F)cc1NC(=O)c1ccc(S(=O)(=O)NCCC#N)cc1. The molecule has 0 bridgehead atoms. The van der Waals surface area contributed by atoms with Gasteiger partial charge in [0.05, 0.1) is 27.9 Å². The third-order valence-corrected chi connectivity index (χ3v) is 5.34. The maximum atomic E-state index is 13.0. The van der Waals surface area contributed by atoms with E-state index in [-0.39, 0.29) is 34.8 Å². The van der Waals surface area contributed by atoms with Crippen LogP contribution < -0.4 is 15.4 Å². The van der Waals surface area contributed by atoms with Gasteiger partial charge in [-0.15, -0.1) is 0 Å². The molecule has 0 radical (unpaired) electrons.